The van der Waals surface area contributed by atoms with E-state index in [0.717, 1.165) is 4.90 Å². The van der Waals surface area contributed by atoms with Gasteiger partial charge in [0.1, 0.15) is 5.69 Å². The van der Waals surface area contributed by atoms with Crippen molar-refractivity contribution in [1.29, 1.82) is 0 Å². The third-order valence-corrected chi connectivity index (χ3v) is 2.95. The van der Waals surface area contributed by atoms with Crippen molar-refractivity contribution >= 4 is 28.5 Å². The van der Waals surface area contributed by atoms with Crippen LogP contribution in [-0.2, 0) is 4.79 Å². The molecule has 0 saturated carbocycles. The number of ketones is 1. The SMILES string of the molecule is CN1C(=O)C(=O)c2c([nH]c3ccccc23)C1=O. The van der Waals surface area contributed by atoms with Crippen molar-refractivity contribution < 1.29 is 14.4 Å². The van der Waals surface area contributed by atoms with Crippen LogP contribution in [0.1, 0.15) is 20.8 Å². The number of nitrogens with zero attached hydrogens (tertiary/aromatic N) is 1. The number of amides is 2. The maximum absolute atomic E-state index is 11.9. The first kappa shape index (κ1) is 9.77. The van der Waals surface area contributed by atoms with Crippen molar-refractivity contribution in [2.24, 2.45) is 0 Å². The maximum atomic E-state index is 11.9. The second-order valence-corrected chi connectivity index (χ2v) is 3.92. The summed E-state index contributed by atoms with van der Waals surface area (Å²) in [7, 11) is 1.30. The summed E-state index contributed by atoms with van der Waals surface area (Å²) in [4.78, 5) is 39.0. The molecule has 2 aromatic rings. The monoisotopic (exact) mass is 228 g/mol. The molecule has 0 aliphatic carbocycles. The number of imide groups is 1. The van der Waals surface area contributed by atoms with Crippen molar-refractivity contribution in [3.8, 4) is 0 Å². The van der Waals surface area contributed by atoms with Crippen LogP contribution in [0, 0.1) is 0 Å². The van der Waals surface area contributed by atoms with Gasteiger partial charge in [-0.15, -0.1) is 0 Å². The molecule has 2 heterocycles. The summed E-state index contributed by atoms with van der Waals surface area (Å²) in [6.45, 7) is 0. The molecule has 0 saturated heterocycles. The molecule has 1 N–H and O–H groups in total. The fraction of sp³-hybridized carbons (Fsp3) is 0.0833. The van der Waals surface area contributed by atoms with Gasteiger partial charge >= 0.3 is 5.91 Å². The maximum Gasteiger partial charge on any atom is 0.301 e. The molecule has 2 amide bonds. The fourth-order valence-electron chi connectivity index (χ4n) is 2.06. The number of aromatic amines is 1. The lowest BCUT2D eigenvalue weighted by molar-refractivity contribution is -0.123. The van der Waals surface area contributed by atoms with Crippen LogP contribution in [0.5, 0.6) is 0 Å². The zero-order valence-electron chi connectivity index (χ0n) is 8.98. The first-order valence-corrected chi connectivity index (χ1v) is 5.08. The predicted octanol–water partition coefficient (Wildman–Crippen LogP) is 0.963. The van der Waals surface area contributed by atoms with Crippen LogP contribution in [0.15, 0.2) is 24.3 Å². The molecule has 5 nitrogen and oxygen atoms in total. The summed E-state index contributed by atoms with van der Waals surface area (Å²) < 4.78 is 0. The molecule has 84 valence electrons. The van der Waals surface area contributed by atoms with E-state index in [9.17, 15) is 14.4 Å². The van der Waals surface area contributed by atoms with Crippen LogP contribution in [-0.4, -0.2) is 34.5 Å². The molecule has 0 atom stereocenters. The van der Waals surface area contributed by atoms with E-state index in [-0.39, 0.29) is 11.3 Å². The average molecular weight is 228 g/mol. The average Bonchev–Trinajstić information content (AvgIpc) is 2.73. The van der Waals surface area contributed by atoms with Gasteiger partial charge in [-0.05, 0) is 6.07 Å². The van der Waals surface area contributed by atoms with E-state index < -0.39 is 17.6 Å². The van der Waals surface area contributed by atoms with Crippen molar-refractivity contribution in [2.45, 2.75) is 0 Å². The topological polar surface area (TPSA) is 70.2 Å². The lowest BCUT2D eigenvalue weighted by Crippen LogP contribution is -2.43. The van der Waals surface area contributed by atoms with Gasteiger partial charge in [0.15, 0.2) is 0 Å². The van der Waals surface area contributed by atoms with Crippen LogP contribution in [0.3, 0.4) is 0 Å². The lowest BCUT2D eigenvalue weighted by atomic mass is 10.0. The first-order chi connectivity index (χ1) is 8.11. The van der Waals surface area contributed by atoms with E-state index in [1.807, 2.05) is 0 Å². The van der Waals surface area contributed by atoms with Gasteiger partial charge in [0.25, 0.3) is 11.7 Å². The van der Waals surface area contributed by atoms with Crippen molar-refractivity contribution in [1.82, 2.24) is 9.88 Å². The highest BCUT2D eigenvalue weighted by molar-refractivity contribution is 6.51. The molecular weight excluding hydrogens is 220 g/mol. The molecule has 1 aromatic carbocycles. The van der Waals surface area contributed by atoms with E-state index in [0.29, 0.717) is 10.9 Å². The minimum absolute atomic E-state index is 0.189. The number of benzene rings is 1. The Kier molecular flexibility index (Phi) is 1.75. The molecule has 0 radical (unpaired) electrons. The number of hydrogen-bond donors (Lipinski definition) is 1. The molecule has 1 aromatic heterocycles. The molecule has 0 spiro atoms. The lowest BCUT2D eigenvalue weighted by Gasteiger charge is -2.19. The van der Waals surface area contributed by atoms with E-state index >= 15 is 0 Å². The number of fused-ring (bicyclic) bond motifs is 3. The number of Topliss-reactive ketones (excluding diaryl/α,β-unsaturated/α-hetero) is 1. The Morgan fingerprint density at radius 1 is 1.06 bits per heavy atom. The zero-order valence-corrected chi connectivity index (χ0v) is 8.98. The molecule has 3 rings (SSSR count). The normalized spacial score (nSPS) is 15.6. The highest BCUT2D eigenvalue weighted by Crippen LogP contribution is 2.27. The third-order valence-electron chi connectivity index (χ3n) is 2.95. The van der Waals surface area contributed by atoms with Gasteiger partial charge in [-0.3, -0.25) is 19.3 Å². The van der Waals surface area contributed by atoms with Gasteiger partial charge < -0.3 is 4.98 Å². The van der Waals surface area contributed by atoms with Crippen LogP contribution in [0.25, 0.3) is 10.9 Å². The van der Waals surface area contributed by atoms with E-state index in [1.54, 1.807) is 24.3 Å². The molecule has 0 fully saturated rings. The molecule has 5 heteroatoms. The summed E-state index contributed by atoms with van der Waals surface area (Å²) in [5, 5.41) is 0.613. The molecule has 0 unspecified atom stereocenters. The van der Waals surface area contributed by atoms with Gasteiger partial charge in [-0.1, -0.05) is 18.2 Å². The number of H-pyrrole nitrogens is 1. The number of likely N-dealkylation sites (N-methyl/N-ethyl adjacent to an activating group) is 1. The minimum Gasteiger partial charge on any atom is -0.350 e. The van der Waals surface area contributed by atoms with Gasteiger partial charge in [-0.2, -0.15) is 0 Å². The number of rotatable bonds is 0. The van der Waals surface area contributed by atoms with Crippen LogP contribution < -0.4 is 0 Å². The summed E-state index contributed by atoms with van der Waals surface area (Å²) in [6, 6.07) is 7.04. The summed E-state index contributed by atoms with van der Waals surface area (Å²) in [5.74, 6) is -1.90. The predicted molar refractivity (Wildman–Crippen MR) is 59.7 cm³/mol. The number of nitrogens with one attached hydrogen (secondary N) is 1. The zero-order chi connectivity index (χ0) is 12.2. The number of carbonyl (C=O) groups is 3. The van der Waals surface area contributed by atoms with Gasteiger partial charge in [0.2, 0.25) is 0 Å². The van der Waals surface area contributed by atoms with Crippen LogP contribution in [0.2, 0.25) is 0 Å². The number of hydrogen-bond acceptors (Lipinski definition) is 3. The number of carbonyl (C=O) groups excluding carboxylic acids is 3. The van der Waals surface area contributed by atoms with Gasteiger partial charge in [-0.25, -0.2) is 0 Å². The molecule has 0 bridgehead atoms. The van der Waals surface area contributed by atoms with E-state index in [4.69, 9.17) is 0 Å². The van der Waals surface area contributed by atoms with E-state index in [1.165, 1.54) is 7.05 Å². The third kappa shape index (κ3) is 1.10. The fourth-order valence-corrected chi connectivity index (χ4v) is 2.06. The van der Waals surface area contributed by atoms with E-state index in [2.05, 4.69) is 4.98 Å². The minimum atomic E-state index is -0.785. The Bertz CT molecular complexity index is 684. The summed E-state index contributed by atoms with van der Waals surface area (Å²) in [6.07, 6.45) is 0. The molecular formula is C12H8N2O3. The van der Waals surface area contributed by atoms with Crippen molar-refractivity contribution in [2.75, 3.05) is 7.05 Å². The Balaban J connectivity index is 2.42. The smallest absolute Gasteiger partial charge is 0.301 e. The van der Waals surface area contributed by atoms with Crippen molar-refractivity contribution in [3.05, 3.63) is 35.5 Å². The largest absolute Gasteiger partial charge is 0.350 e. The highest BCUT2D eigenvalue weighted by Gasteiger charge is 2.38. The van der Waals surface area contributed by atoms with Crippen LogP contribution >= 0.6 is 0 Å². The highest BCUT2D eigenvalue weighted by atomic mass is 16.2. The first-order valence-electron chi connectivity index (χ1n) is 5.08. The second-order valence-electron chi connectivity index (χ2n) is 3.92. The molecule has 1 aliphatic rings. The number of aromatic nitrogens is 1. The van der Waals surface area contributed by atoms with Crippen molar-refractivity contribution in [3.63, 3.8) is 0 Å². The second kappa shape index (κ2) is 3.04. The Morgan fingerprint density at radius 2 is 1.76 bits per heavy atom. The summed E-state index contributed by atoms with van der Waals surface area (Å²) in [5.41, 5.74) is 1.06. The standard InChI is InChI=1S/C12H8N2O3/c1-14-11(16)9-8(10(15)12(14)17)6-4-2-3-5-7(6)13-9/h2-5,13H,1H3. The number of para-hydroxylation sites is 1. The summed E-state index contributed by atoms with van der Waals surface area (Å²) >= 11 is 0. The Morgan fingerprint density at radius 3 is 2.53 bits per heavy atom. The van der Waals surface area contributed by atoms with Gasteiger partial charge in [0.05, 0.1) is 5.56 Å². The quantitative estimate of drug-likeness (QED) is 0.539. The molecule has 1 aliphatic heterocycles. The Hall–Kier alpha value is -2.43. The van der Waals surface area contributed by atoms with Gasteiger partial charge in [0, 0.05) is 18.0 Å². The Labute approximate surface area is 96.0 Å². The van der Waals surface area contributed by atoms with Crippen LogP contribution in [0.4, 0.5) is 0 Å². The molecule has 17 heavy (non-hydrogen) atoms.